The van der Waals surface area contributed by atoms with Gasteiger partial charge in [-0.15, -0.1) is 0 Å². The quantitative estimate of drug-likeness (QED) is 0.765. The highest BCUT2D eigenvalue weighted by Gasteiger charge is 2.63. The van der Waals surface area contributed by atoms with Crippen molar-refractivity contribution in [1.29, 1.82) is 0 Å². The molecule has 2 aliphatic heterocycles. The first kappa shape index (κ1) is 20.2. The third-order valence-electron chi connectivity index (χ3n) is 7.92. The van der Waals surface area contributed by atoms with E-state index >= 15 is 0 Å². The average Bonchev–Trinajstić information content (AvgIpc) is 2.93. The first-order valence-electron chi connectivity index (χ1n) is 11.4. The van der Waals surface area contributed by atoms with Crippen LogP contribution in [0.15, 0.2) is 48.8 Å². The molecule has 0 N–H and O–H groups in total. The summed E-state index contributed by atoms with van der Waals surface area (Å²) < 4.78 is 0. The fourth-order valence-electron chi connectivity index (χ4n) is 6.66. The fourth-order valence-corrected chi connectivity index (χ4v) is 6.66. The van der Waals surface area contributed by atoms with Gasteiger partial charge >= 0.3 is 0 Å². The number of aromatic nitrogens is 2. The number of amides is 2. The Morgan fingerprint density at radius 3 is 2.39 bits per heavy atom. The molecular formula is C25H30N4O2. The first-order valence-corrected chi connectivity index (χ1v) is 11.4. The lowest BCUT2D eigenvalue weighted by atomic mass is 9.69. The molecule has 2 amide bonds. The third kappa shape index (κ3) is 3.24. The second-order valence-corrected chi connectivity index (χ2v) is 9.62. The van der Waals surface area contributed by atoms with Gasteiger partial charge in [0.25, 0.3) is 5.91 Å². The van der Waals surface area contributed by atoms with E-state index in [1.54, 1.807) is 25.4 Å². The highest BCUT2D eigenvalue weighted by molar-refractivity contribution is 5.94. The SMILES string of the molecule is CC(=O)N1[C@H](Cc2ccccc2)[C@@H]2C[C@@]3(C)[C@H](CCCC[C@@H]13)N2C(=O)c1ccnnc1. The van der Waals surface area contributed by atoms with Gasteiger partial charge in [0.2, 0.25) is 5.91 Å². The van der Waals surface area contributed by atoms with Crippen LogP contribution in [0.25, 0.3) is 0 Å². The van der Waals surface area contributed by atoms with Crippen molar-refractivity contribution in [2.45, 2.75) is 76.5 Å². The Labute approximate surface area is 183 Å². The van der Waals surface area contributed by atoms with Crippen molar-refractivity contribution < 1.29 is 9.59 Å². The Hall–Kier alpha value is -2.76. The maximum absolute atomic E-state index is 13.8. The number of carbonyl (C=O) groups excluding carboxylic acids is 2. The van der Waals surface area contributed by atoms with E-state index in [1.165, 1.54) is 5.56 Å². The minimum Gasteiger partial charge on any atom is -0.334 e. The van der Waals surface area contributed by atoms with E-state index in [1.807, 2.05) is 18.2 Å². The monoisotopic (exact) mass is 418 g/mol. The Balaban J connectivity index is 1.61. The van der Waals surface area contributed by atoms with Crippen LogP contribution in [-0.2, 0) is 11.2 Å². The van der Waals surface area contributed by atoms with Gasteiger partial charge in [-0.2, -0.15) is 10.2 Å². The van der Waals surface area contributed by atoms with Gasteiger partial charge in [0.15, 0.2) is 0 Å². The number of rotatable bonds is 3. The lowest BCUT2D eigenvalue weighted by molar-refractivity contribution is -0.141. The molecule has 0 unspecified atom stereocenters. The molecule has 1 aliphatic carbocycles. The Morgan fingerprint density at radius 1 is 1.03 bits per heavy atom. The van der Waals surface area contributed by atoms with Crippen LogP contribution in [0.1, 0.15) is 61.9 Å². The van der Waals surface area contributed by atoms with Gasteiger partial charge in [0, 0.05) is 24.4 Å². The maximum Gasteiger partial charge on any atom is 0.256 e. The van der Waals surface area contributed by atoms with Gasteiger partial charge in [0.05, 0.1) is 30.0 Å². The number of hydrogen-bond donors (Lipinski definition) is 0. The normalized spacial score (nSPS) is 31.9. The average molecular weight is 419 g/mol. The van der Waals surface area contributed by atoms with E-state index in [9.17, 15) is 9.59 Å². The molecule has 5 atom stereocenters. The number of nitrogens with zero attached hydrogens (tertiary/aromatic N) is 4. The third-order valence-corrected chi connectivity index (χ3v) is 7.92. The van der Waals surface area contributed by atoms with Crippen molar-refractivity contribution in [1.82, 2.24) is 20.0 Å². The van der Waals surface area contributed by atoms with Crippen LogP contribution in [-0.4, -0.2) is 56.0 Å². The van der Waals surface area contributed by atoms with Crippen molar-refractivity contribution in [3.63, 3.8) is 0 Å². The Morgan fingerprint density at radius 2 is 1.74 bits per heavy atom. The molecule has 3 aliphatic rings. The number of hydrogen-bond acceptors (Lipinski definition) is 4. The predicted octanol–water partition coefficient (Wildman–Crippen LogP) is 3.48. The summed E-state index contributed by atoms with van der Waals surface area (Å²) in [6, 6.07) is 12.4. The molecule has 2 saturated heterocycles. The summed E-state index contributed by atoms with van der Waals surface area (Å²) in [5, 5.41) is 7.79. The summed E-state index contributed by atoms with van der Waals surface area (Å²) in [6.07, 6.45) is 9.07. The van der Waals surface area contributed by atoms with Crippen LogP contribution in [0, 0.1) is 5.41 Å². The smallest absolute Gasteiger partial charge is 0.256 e. The van der Waals surface area contributed by atoms with Crippen LogP contribution in [0.3, 0.4) is 0 Å². The topological polar surface area (TPSA) is 66.4 Å². The molecule has 0 radical (unpaired) electrons. The van der Waals surface area contributed by atoms with E-state index in [4.69, 9.17) is 0 Å². The molecule has 6 heteroatoms. The number of carbonyl (C=O) groups is 2. The van der Waals surface area contributed by atoms with Crippen molar-refractivity contribution in [3.05, 3.63) is 59.9 Å². The Bertz CT molecular complexity index is 966. The minimum atomic E-state index is -0.0733. The van der Waals surface area contributed by atoms with Gasteiger partial charge in [0.1, 0.15) is 0 Å². The molecule has 5 rings (SSSR count). The van der Waals surface area contributed by atoms with Crippen LogP contribution >= 0.6 is 0 Å². The van der Waals surface area contributed by atoms with Crippen molar-refractivity contribution in [3.8, 4) is 0 Å². The van der Waals surface area contributed by atoms with Gasteiger partial charge in [-0.05, 0) is 37.3 Å². The molecule has 1 aromatic carbocycles. The zero-order chi connectivity index (χ0) is 21.6. The van der Waals surface area contributed by atoms with E-state index in [0.29, 0.717) is 5.56 Å². The molecule has 2 aromatic rings. The molecule has 1 aromatic heterocycles. The molecule has 162 valence electrons. The second kappa shape index (κ2) is 7.74. The molecular weight excluding hydrogens is 388 g/mol. The van der Waals surface area contributed by atoms with E-state index in [2.05, 4.69) is 39.1 Å². The second-order valence-electron chi connectivity index (χ2n) is 9.62. The number of piperidine rings is 1. The molecule has 6 nitrogen and oxygen atoms in total. The van der Waals surface area contributed by atoms with Crippen LogP contribution in [0.5, 0.6) is 0 Å². The molecule has 3 fully saturated rings. The van der Waals surface area contributed by atoms with Crippen molar-refractivity contribution in [2.24, 2.45) is 5.41 Å². The van der Waals surface area contributed by atoms with Crippen molar-refractivity contribution >= 4 is 11.8 Å². The zero-order valence-electron chi connectivity index (χ0n) is 18.3. The highest BCUT2D eigenvalue weighted by atomic mass is 16.2. The number of likely N-dealkylation sites (tertiary alicyclic amines) is 2. The Kier molecular flexibility index (Phi) is 5.03. The van der Waals surface area contributed by atoms with E-state index in [-0.39, 0.29) is 41.4 Å². The summed E-state index contributed by atoms with van der Waals surface area (Å²) in [5.41, 5.74) is 1.72. The predicted molar refractivity (Wildman–Crippen MR) is 117 cm³/mol. The summed E-state index contributed by atoms with van der Waals surface area (Å²) in [7, 11) is 0. The van der Waals surface area contributed by atoms with Crippen LogP contribution < -0.4 is 0 Å². The molecule has 31 heavy (non-hydrogen) atoms. The van der Waals surface area contributed by atoms with E-state index in [0.717, 1.165) is 38.5 Å². The fraction of sp³-hybridized carbons (Fsp3) is 0.520. The lowest BCUT2D eigenvalue weighted by Gasteiger charge is -2.50. The lowest BCUT2D eigenvalue weighted by Crippen LogP contribution is -2.61. The van der Waals surface area contributed by atoms with E-state index < -0.39 is 0 Å². The molecule has 3 heterocycles. The first-order chi connectivity index (χ1) is 15.0. The summed E-state index contributed by atoms with van der Waals surface area (Å²) >= 11 is 0. The highest BCUT2D eigenvalue weighted by Crippen LogP contribution is 2.55. The van der Waals surface area contributed by atoms with Gasteiger partial charge in [-0.1, -0.05) is 50.1 Å². The zero-order valence-corrected chi connectivity index (χ0v) is 18.3. The van der Waals surface area contributed by atoms with Crippen LogP contribution in [0.4, 0.5) is 0 Å². The maximum atomic E-state index is 13.8. The molecule has 0 spiro atoms. The number of benzene rings is 1. The van der Waals surface area contributed by atoms with Gasteiger partial charge < -0.3 is 9.80 Å². The molecule has 2 bridgehead atoms. The van der Waals surface area contributed by atoms with Gasteiger partial charge in [-0.25, -0.2) is 0 Å². The summed E-state index contributed by atoms with van der Waals surface area (Å²) in [5.74, 6) is 0.153. The molecule has 1 saturated carbocycles. The minimum absolute atomic E-state index is 0.00845. The van der Waals surface area contributed by atoms with Crippen molar-refractivity contribution in [2.75, 3.05) is 0 Å². The summed E-state index contributed by atoms with van der Waals surface area (Å²) in [6.45, 7) is 4.01. The standard InChI is InChI=1S/C25H30N4O2/c1-17(30)28-20(14-18-8-4-3-5-9-18)21-15-25(2)22(28)10-6-7-11-23(25)29(21)24(31)19-12-13-26-27-16-19/h3-5,8-9,12-13,16,20-23H,6-7,10-11,14-15H2,1-2H3/t20-,21+,22-,23+,25-/m1/s1. The largest absolute Gasteiger partial charge is 0.334 e. The van der Waals surface area contributed by atoms with Crippen LogP contribution in [0.2, 0.25) is 0 Å². The van der Waals surface area contributed by atoms with Gasteiger partial charge in [-0.3, -0.25) is 9.59 Å². The summed E-state index contributed by atoms with van der Waals surface area (Å²) in [4.78, 5) is 31.1. The number of fused-ring (bicyclic) bond motifs is 1.